The van der Waals surface area contributed by atoms with Gasteiger partial charge in [0.2, 0.25) is 5.91 Å². The quantitative estimate of drug-likeness (QED) is 0.0254. The second-order valence-electron chi connectivity index (χ2n) is 15.4. The first-order valence-electron chi connectivity index (χ1n) is 20.7. The van der Waals surface area contributed by atoms with Crippen molar-refractivity contribution in [2.45, 2.75) is 193 Å². The minimum atomic E-state index is -4.33. The third-order valence-electron chi connectivity index (χ3n) is 9.16. The Labute approximate surface area is 309 Å². The molecule has 0 fully saturated rings. The number of hydrogen-bond donors (Lipinski definition) is 3. The Hall–Kier alpha value is -1.02. The number of amides is 1. The summed E-state index contributed by atoms with van der Waals surface area (Å²) in [6.45, 7) is 4.68. The van der Waals surface area contributed by atoms with Crippen LogP contribution < -0.4 is 5.32 Å². The summed E-state index contributed by atoms with van der Waals surface area (Å²) in [7, 11) is 1.55. The number of rotatable bonds is 37. The van der Waals surface area contributed by atoms with Crippen LogP contribution in [0.1, 0.15) is 181 Å². The molecule has 3 unspecified atom stereocenters. The highest BCUT2D eigenvalue weighted by atomic mass is 31.2. The third kappa shape index (κ3) is 35.4. The lowest BCUT2D eigenvalue weighted by Crippen LogP contribution is -2.45. The third-order valence-corrected chi connectivity index (χ3v) is 10.1. The van der Waals surface area contributed by atoms with Crippen molar-refractivity contribution in [3.8, 4) is 0 Å². The number of phosphoric ester groups is 1. The number of aliphatic hydroxyl groups is 1. The van der Waals surface area contributed by atoms with Gasteiger partial charge >= 0.3 is 7.82 Å². The molecule has 0 heterocycles. The maximum Gasteiger partial charge on any atom is 0.472 e. The van der Waals surface area contributed by atoms with Crippen LogP contribution in [0.2, 0.25) is 0 Å². The minimum Gasteiger partial charge on any atom is -0.387 e. The summed E-state index contributed by atoms with van der Waals surface area (Å²) in [5.41, 5.74) is 0. The molecule has 0 aliphatic rings. The first-order chi connectivity index (χ1) is 24.0. The second-order valence-corrected chi connectivity index (χ2v) is 16.8. The number of hydrogen-bond acceptors (Lipinski definition) is 5. The molecule has 1 amide bonds. The van der Waals surface area contributed by atoms with Gasteiger partial charge in [-0.1, -0.05) is 173 Å². The molecule has 3 N–H and O–H groups in total. The standard InChI is InChI=1S/C41H81N2O6P/c1-6-8-10-12-14-15-16-17-18-19-20-21-22-23-24-25-26-27-29-31-33-35-41(45)42-39(40(44)34-32-30-28-13-11-9-7-2)38-49-50(46,47)48-37-36-43(3,4)5/h11,13,32,34,39-40,44H,6-10,12,14-31,33,35-38H2,1-5H3,(H-,42,45,46,47)/p+1/b13-11+,34-32+. The molecule has 0 rings (SSSR count). The molecule has 0 spiro atoms. The van der Waals surface area contributed by atoms with Gasteiger partial charge in [0.25, 0.3) is 0 Å². The number of nitrogens with one attached hydrogen (secondary N) is 1. The number of likely N-dealkylation sites (N-methyl/N-ethyl adjacent to an activating group) is 1. The summed E-state index contributed by atoms with van der Waals surface area (Å²) in [4.78, 5) is 22.9. The monoisotopic (exact) mass is 730 g/mol. The molecule has 0 saturated carbocycles. The molecular weight excluding hydrogens is 647 g/mol. The van der Waals surface area contributed by atoms with Crippen LogP contribution in [0.4, 0.5) is 0 Å². The smallest absolute Gasteiger partial charge is 0.387 e. The predicted molar refractivity (Wildman–Crippen MR) is 212 cm³/mol. The molecule has 0 saturated heterocycles. The summed E-state index contributed by atoms with van der Waals surface area (Å²) in [6.07, 6.45) is 38.5. The normalized spacial score (nSPS) is 14.8. The van der Waals surface area contributed by atoms with Gasteiger partial charge in [-0.05, 0) is 25.7 Å². The molecule has 9 heteroatoms. The molecule has 0 aromatic rings. The number of quaternary nitrogens is 1. The first-order valence-corrected chi connectivity index (χ1v) is 22.2. The van der Waals surface area contributed by atoms with Crippen molar-refractivity contribution in [1.29, 1.82) is 0 Å². The first kappa shape index (κ1) is 49.0. The Morgan fingerprint density at radius 3 is 1.56 bits per heavy atom. The van der Waals surface area contributed by atoms with Gasteiger partial charge in [0, 0.05) is 6.42 Å². The van der Waals surface area contributed by atoms with Crippen molar-refractivity contribution in [1.82, 2.24) is 5.32 Å². The van der Waals surface area contributed by atoms with Crippen molar-refractivity contribution in [2.75, 3.05) is 40.9 Å². The SMILES string of the molecule is CCC/C=C/CC/C=C/C(O)C(COP(=O)(O)OCC[N+](C)(C)C)NC(=O)CCCCCCCCCCCCCCCCCCCCCCC. The van der Waals surface area contributed by atoms with E-state index in [1.165, 1.54) is 116 Å². The van der Waals surface area contributed by atoms with E-state index in [0.717, 1.165) is 44.9 Å². The van der Waals surface area contributed by atoms with Crippen LogP contribution in [0.3, 0.4) is 0 Å². The lowest BCUT2D eigenvalue weighted by atomic mass is 10.0. The predicted octanol–water partition coefficient (Wildman–Crippen LogP) is 11.0. The summed E-state index contributed by atoms with van der Waals surface area (Å²) in [5.74, 6) is -0.190. The van der Waals surface area contributed by atoms with Crippen LogP contribution in [-0.2, 0) is 18.4 Å². The Balaban J connectivity index is 4.18. The van der Waals surface area contributed by atoms with E-state index >= 15 is 0 Å². The fraction of sp³-hybridized carbons (Fsp3) is 0.878. The van der Waals surface area contributed by atoms with Gasteiger partial charge in [-0.25, -0.2) is 4.57 Å². The largest absolute Gasteiger partial charge is 0.472 e. The molecule has 0 aliphatic heterocycles. The van der Waals surface area contributed by atoms with E-state index in [2.05, 4.69) is 31.3 Å². The zero-order valence-corrected chi connectivity index (χ0v) is 34.3. The maximum atomic E-state index is 12.8. The summed E-state index contributed by atoms with van der Waals surface area (Å²) in [5, 5.41) is 13.6. The molecule has 0 aromatic heterocycles. The summed E-state index contributed by atoms with van der Waals surface area (Å²) < 4.78 is 23.4. The van der Waals surface area contributed by atoms with Crippen LogP contribution in [0.5, 0.6) is 0 Å². The highest BCUT2D eigenvalue weighted by Gasteiger charge is 2.27. The number of carbonyl (C=O) groups excluding carboxylic acids is 1. The van der Waals surface area contributed by atoms with E-state index in [0.29, 0.717) is 17.4 Å². The second kappa shape index (κ2) is 33.8. The van der Waals surface area contributed by atoms with Crippen molar-refractivity contribution in [3.63, 3.8) is 0 Å². The highest BCUT2D eigenvalue weighted by molar-refractivity contribution is 7.47. The minimum absolute atomic E-state index is 0.0573. The van der Waals surface area contributed by atoms with Crippen molar-refractivity contribution < 1.29 is 32.9 Å². The van der Waals surface area contributed by atoms with E-state index in [4.69, 9.17) is 9.05 Å². The molecule has 0 bridgehead atoms. The Morgan fingerprint density at radius 2 is 1.10 bits per heavy atom. The van der Waals surface area contributed by atoms with Crippen LogP contribution >= 0.6 is 7.82 Å². The average Bonchev–Trinajstić information content (AvgIpc) is 3.06. The molecule has 296 valence electrons. The Bertz CT molecular complexity index is 876. The number of nitrogens with zero attached hydrogens (tertiary/aromatic N) is 1. The number of carbonyl (C=O) groups is 1. The lowest BCUT2D eigenvalue weighted by molar-refractivity contribution is -0.870. The molecule has 0 radical (unpaired) electrons. The van der Waals surface area contributed by atoms with Crippen molar-refractivity contribution in [2.24, 2.45) is 0 Å². The molecule has 0 aromatic carbocycles. The van der Waals surface area contributed by atoms with E-state index in [-0.39, 0.29) is 19.1 Å². The molecule has 3 atom stereocenters. The zero-order chi connectivity index (χ0) is 37.2. The number of aliphatic hydroxyl groups excluding tert-OH is 1. The van der Waals surface area contributed by atoms with Gasteiger partial charge in [-0.15, -0.1) is 0 Å². The summed E-state index contributed by atoms with van der Waals surface area (Å²) >= 11 is 0. The number of allylic oxidation sites excluding steroid dienone is 3. The maximum absolute atomic E-state index is 12.8. The Morgan fingerprint density at radius 1 is 0.660 bits per heavy atom. The molecule has 8 nitrogen and oxygen atoms in total. The van der Waals surface area contributed by atoms with Crippen LogP contribution in [0, 0.1) is 0 Å². The fourth-order valence-corrected chi connectivity index (χ4v) is 6.56. The van der Waals surface area contributed by atoms with E-state index in [1.54, 1.807) is 6.08 Å². The molecular formula is C41H82N2O6P+. The van der Waals surface area contributed by atoms with Gasteiger partial charge in [0.15, 0.2) is 0 Å². The zero-order valence-electron chi connectivity index (χ0n) is 33.4. The lowest BCUT2D eigenvalue weighted by Gasteiger charge is -2.25. The summed E-state index contributed by atoms with van der Waals surface area (Å²) in [6, 6.07) is -0.855. The van der Waals surface area contributed by atoms with E-state index in [9.17, 15) is 19.4 Å². The van der Waals surface area contributed by atoms with Crippen LogP contribution in [0.25, 0.3) is 0 Å². The van der Waals surface area contributed by atoms with E-state index < -0.39 is 20.0 Å². The highest BCUT2D eigenvalue weighted by Crippen LogP contribution is 2.43. The number of unbranched alkanes of at least 4 members (excludes halogenated alkanes) is 22. The molecule has 50 heavy (non-hydrogen) atoms. The Kier molecular flexibility index (Phi) is 33.1. The van der Waals surface area contributed by atoms with E-state index in [1.807, 2.05) is 27.2 Å². The van der Waals surface area contributed by atoms with Gasteiger partial charge in [-0.2, -0.15) is 0 Å². The van der Waals surface area contributed by atoms with Gasteiger partial charge in [-0.3, -0.25) is 13.8 Å². The fourth-order valence-electron chi connectivity index (χ4n) is 5.83. The van der Waals surface area contributed by atoms with Crippen LogP contribution in [0.15, 0.2) is 24.3 Å². The number of phosphoric acid groups is 1. The van der Waals surface area contributed by atoms with Crippen molar-refractivity contribution in [3.05, 3.63) is 24.3 Å². The van der Waals surface area contributed by atoms with Gasteiger partial charge in [0.05, 0.1) is 39.9 Å². The topological polar surface area (TPSA) is 105 Å². The molecule has 0 aliphatic carbocycles. The van der Waals surface area contributed by atoms with Gasteiger partial charge in [0.1, 0.15) is 13.2 Å². The van der Waals surface area contributed by atoms with Crippen molar-refractivity contribution >= 4 is 13.7 Å². The average molecular weight is 730 g/mol. The van der Waals surface area contributed by atoms with Gasteiger partial charge < -0.3 is 19.8 Å². The van der Waals surface area contributed by atoms with Crippen LogP contribution in [-0.4, -0.2) is 73.4 Å².